The van der Waals surface area contributed by atoms with Crippen LogP contribution in [0.2, 0.25) is 0 Å². The Kier molecular flexibility index (Phi) is 62.3. The fourth-order valence-electron chi connectivity index (χ4n) is 9.17. The van der Waals surface area contributed by atoms with Crippen molar-refractivity contribution in [3.63, 3.8) is 0 Å². The third-order valence-electron chi connectivity index (χ3n) is 14.0. The summed E-state index contributed by atoms with van der Waals surface area (Å²) in [5.74, 6) is -0.881. The van der Waals surface area contributed by atoms with Gasteiger partial charge >= 0.3 is 17.9 Å². The zero-order valence-corrected chi connectivity index (χ0v) is 51.2. The van der Waals surface area contributed by atoms with Gasteiger partial charge in [-0.1, -0.05) is 297 Å². The lowest BCUT2D eigenvalue weighted by Crippen LogP contribution is -2.30. The summed E-state index contributed by atoms with van der Waals surface area (Å²) in [6.07, 6.45) is 89.9. The summed E-state index contributed by atoms with van der Waals surface area (Å²) >= 11 is 0. The van der Waals surface area contributed by atoms with Crippen LogP contribution >= 0.6 is 0 Å². The average molecular weight is 1080 g/mol. The molecule has 1 atom stereocenters. The van der Waals surface area contributed by atoms with Crippen LogP contribution in [0.15, 0.2) is 109 Å². The normalized spacial score (nSPS) is 12.8. The molecule has 0 saturated carbocycles. The third kappa shape index (κ3) is 62.9. The fraction of sp³-hybridized carbons (Fsp3) is 0.708. The highest BCUT2D eigenvalue weighted by atomic mass is 16.6. The van der Waals surface area contributed by atoms with E-state index >= 15 is 0 Å². The maximum absolute atomic E-state index is 12.9. The Balaban J connectivity index is 4.07. The standard InChI is InChI=1S/C72H122O6/c1-4-7-10-13-16-18-20-22-24-26-28-30-32-34-35-36-37-39-40-42-44-46-48-50-52-54-56-59-62-65-71(74)77-68-69(67-76-70(73)64-61-58-15-12-9-6-3)78-72(75)66-63-60-57-55-53-51-49-47-45-43-41-38-33-31-29-27-25-23-21-19-17-14-11-8-5-2/h7-8,10-11,16-19,22-25,28-31,34-35,69H,4-6,9,12-15,20-21,26-27,32-33,36-68H2,1-3H3/b10-7-,11-8-,18-16-,19-17-,24-22-,25-23-,30-28-,31-29-,35-34-. The van der Waals surface area contributed by atoms with Crippen molar-refractivity contribution in [2.24, 2.45) is 0 Å². The first kappa shape index (κ1) is 74.1. The van der Waals surface area contributed by atoms with Gasteiger partial charge < -0.3 is 14.2 Å². The van der Waals surface area contributed by atoms with E-state index in [0.717, 1.165) is 116 Å². The van der Waals surface area contributed by atoms with Gasteiger partial charge in [-0.3, -0.25) is 14.4 Å². The van der Waals surface area contributed by atoms with Crippen molar-refractivity contribution >= 4 is 17.9 Å². The highest BCUT2D eigenvalue weighted by Gasteiger charge is 2.19. The van der Waals surface area contributed by atoms with Crippen LogP contribution in [-0.2, 0) is 28.6 Å². The molecule has 0 aromatic heterocycles. The number of rotatable bonds is 59. The second-order valence-electron chi connectivity index (χ2n) is 21.6. The van der Waals surface area contributed by atoms with Crippen LogP contribution in [0.25, 0.3) is 0 Å². The Hall–Kier alpha value is -3.93. The SMILES string of the molecule is CC/C=C\C/C=C\C/C=C\C/C=C\C/C=C\CCCCCCCCCCCCCCCC(=O)OCC(COC(=O)CCCCCCCC)OC(=O)CCCCCCCCCCCCCC/C=C\C/C=C\C/C=C\C/C=C\CC. The lowest BCUT2D eigenvalue weighted by Gasteiger charge is -2.18. The summed E-state index contributed by atoms with van der Waals surface area (Å²) in [6, 6.07) is 0. The van der Waals surface area contributed by atoms with E-state index in [2.05, 4.69) is 130 Å². The van der Waals surface area contributed by atoms with E-state index in [0.29, 0.717) is 19.3 Å². The van der Waals surface area contributed by atoms with Crippen LogP contribution < -0.4 is 0 Å². The Bertz CT molecular complexity index is 1570. The molecule has 0 bridgehead atoms. The Morgan fingerprint density at radius 3 is 0.782 bits per heavy atom. The number of carbonyl (C=O) groups is 3. The van der Waals surface area contributed by atoms with Gasteiger partial charge in [0.25, 0.3) is 0 Å². The summed E-state index contributed by atoms with van der Waals surface area (Å²) in [5, 5.41) is 0. The van der Waals surface area contributed by atoms with E-state index in [1.54, 1.807) is 0 Å². The summed E-state index contributed by atoms with van der Waals surface area (Å²) in [4.78, 5) is 38.1. The van der Waals surface area contributed by atoms with Gasteiger partial charge in [-0.15, -0.1) is 0 Å². The molecular weight excluding hydrogens is 961 g/mol. The molecule has 0 fully saturated rings. The first-order valence-electron chi connectivity index (χ1n) is 32.9. The van der Waals surface area contributed by atoms with E-state index in [1.165, 1.54) is 154 Å². The topological polar surface area (TPSA) is 78.9 Å². The van der Waals surface area contributed by atoms with Crippen molar-refractivity contribution < 1.29 is 28.6 Å². The summed E-state index contributed by atoms with van der Waals surface area (Å²) in [5.41, 5.74) is 0. The van der Waals surface area contributed by atoms with E-state index in [1.807, 2.05) is 0 Å². The number of unbranched alkanes of at least 4 members (excludes halogenated alkanes) is 30. The predicted molar refractivity (Wildman–Crippen MR) is 339 cm³/mol. The predicted octanol–water partition coefficient (Wildman–Crippen LogP) is 22.6. The summed E-state index contributed by atoms with van der Waals surface area (Å²) in [7, 11) is 0. The quantitative estimate of drug-likeness (QED) is 0.0261. The molecule has 0 aromatic rings. The molecule has 0 spiro atoms. The van der Waals surface area contributed by atoms with Crippen molar-refractivity contribution in [1.82, 2.24) is 0 Å². The van der Waals surface area contributed by atoms with Gasteiger partial charge in [0.1, 0.15) is 13.2 Å². The number of hydrogen-bond donors (Lipinski definition) is 0. The van der Waals surface area contributed by atoms with Crippen molar-refractivity contribution in [2.75, 3.05) is 13.2 Å². The lowest BCUT2D eigenvalue weighted by atomic mass is 10.0. The molecule has 1 unspecified atom stereocenters. The minimum atomic E-state index is -0.777. The molecule has 0 N–H and O–H groups in total. The van der Waals surface area contributed by atoms with Gasteiger partial charge in [0, 0.05) is 19.3 Å². The van der Waals surface area contributed by atoms with Gasteiger partial charge in [-0.05, 0) is 103 Å². The molecule has 0 radical (unpaired) electrons. The number of ether oxygens (including phenoxy) is 3. The number of allylic oxidation sites excluding steroid dienone is 18. The van der Waals surface area contributed by atoms with Crippen LogP contribution in [0.4, 0.5) is 0 Å². The largest absolute Gasteiger partial charge is 0.462 e. The number of hydrogen-bond acceptors (Lipinski definition) is 6. The average Bonchev–Trinajstić information content (AvgIpc) is 3.44. The van der Waals surface area contributed by atoms with Crippen LogP contribution in [0, 0.1) is 0 Å². The van der Waals surface area contributed by atoms with Gasteiger partial charge in [-0.2, -0.15) is 0 Å². The van der Waals surface area contributed by atoms with Crippen molar-refractivity contribution in [3.8, 4) is 0 Å². The molecule has 0 aliphatic rings. The monoisotopic (exact) mass is 1080 g/mol. The molecule has 0 amide bonds. The van der Waals surface area contributed by atoms with Gasteiger partial charge in [0.05, 0.1) is 0 Å². The number of esters is 3. The molecule has 0 saturated heterocycles. The molecule has 0 rings (SSSR count). The van der Waals surface area contributed by atoms with Gasteiger partial charge in [0.2, 0.25) is 0 Å². The van der Waals surface area contributed by atoms with Crippen molar-refractivity contribution in [2.45, 2.75) is 316 Å². The molecular formula is C72H122O6. The number of carbonyl (C=O) groups excluding carboxylic acids is 3. The van der Waals surface area contributed by atoms with E-state index in [9.17, 15) is 14.4 Å². The van der Waals surface area contributed by atoms with Crippen molar-refractivity contribution in [3.05, 3.63) is 109 Å². The van der Waals surface area contributed by atoms with Crippen molar-refractivity contribution in [1.29, 1.82) is 0 Å². The molecule has 446 valence electrons. The highest BCUT2D eigenvalue weighted by molar-refractivity contribution is 5.71. The molecule has 6 nitrogen and oxygen atoms in total. The van der Waals surface area contributed by atoms with Gasteiger partial charge in [0.15, 0.2) is 6.10 Å². The Labute approximate surface area is 482 Å². The molecule has 0 aliphatic carbocycles. The molecule has 0 heterocycles. The van der Waals surface area contributed by atoms with Gasteiger partial charge in [-0.25, -0.2) is 0 Å². The van der Waals surface area contributed by atoms with E-state index in [-0.39, 0.29) is 31.1 Å². The molecule has 78 heavy (non-hydrogen) atoms. The Morgan fingerprint density at radius 1 is 0.269 bits per heavy atom. The second-order valence-corrected chi connectivity index (χ2v) is 21.6. The lowest BCUT2D eigenvalue weighted by molar-refractivity contribution is -0.167. The van der Waals surface area contributed by atoms with Crippen LogP contribution in [0.5, 0.6) is 0 Å². The zero-order chi connectivity index (χ0) is 56.4. The van der Waals surface area contributed by atoms with E-state index < -0.39 is 6.10 Å². The smallest absolute Gasteiger partial charge is 0.306 e. The zero-order valence-electron chi connectivity index (χ0n) is 51.2. The minimum Gasteiger partial charge on any atom is -0.462 e. The summed E-state index contributed by atoms with van der Waals surface area (Å²) in [6.45, 7) is 6.38. The molecule has 6 heteroatoms. The van der Waals surface area contributed by atoms with Crippen LogP contribution in [-0.4, -0.2) is 37.2 Å². The fourth-order valence-corrected chi connectivity index (χ4v) is 9.17. The highest BCUT2D eigenvalue weighted by Crippen LogP contribution is 2.17. The van der Waals surface area contributed by atoms with Crippen LogP contribution in [0.3, 0.4) is 0 Å². The first-order chi connectivity index (χ1) is 38.5. The molecule has 0 aliphatic heterocycles. The second kappa shape index (κ2) is 65.6. The summed E-state index contributed by atoms with van der Waals surface area (Å²) < 4.78 is 16.8. The Morgan fingerprint density at radius 2 is 0.500 bits per heavy atom. The third-order valence-corrected chi connectivity index (χ3v) is 14.0. The first-order valence-corrected chi connectivity index (χ1v) is 32.9. The maximum atomic E-state index is 12.9. The van der Waals surface area contributed by atoms with E-state index in [4.69, 9.17) is 14.2 Å². The maximum Gasteiger partial charge on any atom is 0.306 e. The molecule has 0 aromatic carbocycles. The van der Waals surface area contributed by atoms with Crippen LogP contribution in [0.1, 0.15) is 310 Å². The minimum absolute atomic E-state index is 0.0772.